The van der Waals surface area contributed by atoms with Crippen LogP contribution >= 0.6 is 0 Å². The monoisotopic (exact) mass is 285 g/mol. The molecule has 0 bridgehead atoms. The first-order valence-corrected chi connectivity index (χ1v) is 7.98. The average molecular weight is 285 g/mol. The molecule has 0 spiro atoms. The molecular weight excluding hydrogens is 254 g/mol. The SMILES string of the molecule is CC(C)(C)c1cc(C(C)(C)C)c2[nH]c(C(C)(C)C)cc2c1. The van der Waals surface area contributed by atoms with Gasteiger partial charge in [-0.05, 0) is 34.1 Å². The molecule has 2 aromatic rings. The molecule has 0 aliphatic carbocycles. The van der Waals surface area contributed by atoms with Gasteiger partial charge in [0.1, 0.15) is 0 Å². The molecule has 1 heteroatoms. The average Bonchev–Trinajstić information content (AvgIpc) is 2.67. The summed E-state index contributed by atoms with van der Waals surface area (Å²) < 4.78 is 0. The Morgan fingerprint density at radius 2 is 1.24 bits per heavy atom. The number of H-pyrrole nitrogens is 1. The van der Waals surface area contributed by atoms with Gasteiger partial charge in [0.2, 0.25) is 0 Å². The summed E-state index contributed by atoms with van der Waals surface area (Å²) in [5.74, 6) is 0. The van der Waals surface area contributed by atoms with Gasteiger partial charge in [0.25, 0.3) is 0 Å². The van der Waals surface area contributed by atoms with Crippen molar-refractivity contribution in [2.24, 2.45) is 0 Å². The van der Waals surface area contributed by atoms with Gasteiger partial charge < -0.3 is 4.98 Å². The number of aromatic amines is 1. The first-order chi connectivity index (χ1) is 9.30. The highest BCUT2D eigenvalue weighted by Gasteiger charge is 2.25. The molecule has 1 heterocycles. The number of fused-ring (bicyclic) bond motifs is 1. The third-order valence-corrected chi connectivity index (χ3v) is 4.21. The van der Waals surface area contributed by atoms with Gasteiger partial charge in [0, 0.05) is 22.0 Å². The molecule has 1 N–H and O–H groups in total. The molecule has 0 amide bonds. The predicted octanol–water partition coefficient (Wildman–Crippen LogP) is 6.06. The van der Waals surface area contributed by atoms with Crippen LogP contribution in [0.1, 0.15) is 79.1 Å². The highest BCUT2D eigenvalue weighted by atomic mass is 14.7. The molecule has 21 heavy (non-hydrogen) atoms. The van der Waals surface area contributed by atoms with Crippen molar-refractivity contribution in [3.05, 3.63) is 35.0 Å². The molecule has 0 atom stereocenters. The van der Waals surface area contributed by atoms with E-state index < -0.39 is 0 Å². The number of hydrogen-bond donors (Lipinski definition) is 1. The second kappa shape index (κ2) is 4.63. The van der Waals surface area contributed by atoms with Crippen molar-refractivity contribution < 1.29 is 0 Å². The number of benzene rings is 1. The molecule has 0 saturated carbocycles. The molecule has 0 unspecified atom stereocenters. The highest BCUT2D eigenvalue weighted by Crippen LogP contribution is 2.36. The molecule has 0 radical (unpaired) electrons. The summed E-state index contributed by atoms with van der Waals surface area (Å²) in [5.41, 5.74) is 5.91. The topological polar surface area (TPSA) is 15.8 Å². The molecule has 2 rings (SSSR count). The van der Waals surface area contributed by atoms with Gasteiger partial charge >= 0.3 is 0 Å². The van der Waals surface area contributed by atoms with E-state index in [0.29, 0.717) is 0 Å². The summed E-state index contributed by atoms with van der Waals surface area (Å²) in [5, 5.41) is 1.34. The van der Waals surface area contributed by atoms with Crippen LogP contribution in [0.3, 0.4) is 0 Å². The van der Waals surface area contributed by atoms with Crippen LogP contribution in [0.15, 0.2) is 18.2 Å². The van der Waals surface area contributed by atoms with Gasteiger partial charge in [-0.2, -0.15) is 0 Å². The van der Waals surface area contributed by atoms with Crippen LogP contribution in [-0.4, -0.2) is 4.98 Å². The summed E-state index contributed by atoms with van der Waals surface area (Å²) in [4.78, 5) is 3.69. The van der Waals surface area contributed by atoms with E-state index in [-0.39, 0.29) is 16.2 Å². The summed E-state index contributed by atoms with van der Waals surface area (Å²) >= 11 is 0. The Balaban J connectivity index is 2.81. The van der Waals surface area contributed by atoms with Gasteiger partial charge in [0.15, 0.2) is 0 Å². The third kappa shape index (κ3) is 3.17. The van der Waals surface area contributed by atoms with Gasteiger partial charge in [-0.3, -0.25) is 0 Å². The van der Waals surface area contributed by atoms with Gasteiger partial charge in [0.05, 0.1) is 0 Å². The van der Waals surface area contributed by atoms with Crippen LogP contribution in [0, 0.1) is 0 Å². The first kappa shape index (κ1) is 16.1. The molecule has 0 aliphatic rings. The lowest BCUT2D eigenvalue weighted by atomic mass is 9.79. The molecule has 1 aromatic heterocycles. The smallest absolute Gasteiger partial charge is 0.0494 e. The van der Waals surface area contributed by atoms with E-state index >= 15 is 0 Å². The van der Waals surface area contributed by atoms with Crippen molar-refractivity contribution in [2.45, 2.75) is 78.6 Å². The van der Waals surface area contributed by atoms with Crippen molar-refractivity contribution in [1.82, 2.24) is 4.98 Å². The first-order valence-electron chi connectivity index (χ1n) is 7.98. The highest BCUT2D eigenvalue weighted by molar-refractivity contribution is 5.86. The summed E-state index contributed by atoms with van der Waals surface area (Å²) in [6.45, 7) is 20.6. The Hall–Kier alpha value is -1.24. The lowest BCUT2D eigenvalue weighted by Gasteiger charge is -2.25. The summed E-state index contributed by atoms with van der Waals surface area (Å²) in [6, 6.07) is 7.08. The molecule has 116 valence electrons. The normalized spacial score (nSPS) is 14.0. The Kier molecular flexibility index (Phi) is 3.56. The lowest BCUT2D eigenvalue weighted by molar-refractivity contribution is 0.567. The van der Waals surface area contributed by atoms with Crippen molar-refractivity contribution in [3.8, 4) is 0 Å². The van der Waals surface area contributed by atoms with Crippen LogP contribution in [0.5, 0.6) is 0 Å². The second-order valence-corrected chi connectivity index (χ2v) is 9.42. The number of rotatable bonds is 0. The van der Waals surface area contributed by atoms with E-state index in [0.717, 1.165) is 0 Å². The maximum absolute atomic E-state index is 3.69. The van der Waals surface area contributed by atoms with Crippen molar-refractivity contribution in [3.63, 3.8) is 0 Å². The number of nitrogens with one attached hydrogen (secondary N) is 1. The van der Waals surface area contributed by atoms with Gasteiger partial charge in [-0.15, -0.1) is 0 Å². The largest absolute Gasteiger partial charge is 0.358 e. The minimum absolute atomic E-state index is 0.138. The maximum atomic E-state index is 3.69. The van der Waals surface area contributed by atoms with E-state index in [2.05, 4.69) is 85.5 Å². The fourth-order valence-corrected chi connectivity index (χ4v) is 2.67. The summed E-state index contributed by atoms with van der Waals surface area (Å²) in [7, 11) is 0. The zero-order chi connectivity index (χ0) is 16.2. The fourth-order valence-electron chi connectivity index (χ4n) is 2.67. The third-order valence-electron chi connectivity index (χ3n) is 4.21. The minimum Gasteiger partial charge on any atom is -0.358 e. The quantitative estimate of drug-likeness (QED) is 0.605. The second-order valence-electron chi connectivity index (χ2n) is 9.42. The van der Waals surface area contributed by atoms with E-state index in [1.807, 2.05) is 0 Å². The summed E-state index contributed by atoms with van der Waals surface area (Å²) in [6.07, 6.45) is 0. The van der Waals surface area contributed by atoms with Crippen LogP contribution < -0.4 is 0 Å². The standard InChI is InChI=1S/C20H31N/c1-18(2,3)14-10-13-11-16(20(7,8)9)21-17(13)15(12-14)19(4,5)6/h10-12,21H,1-9H3. The predicted molar refractivity (Wildman–Crippen MR) is 94.4 cm³/mol. The molecule has 0 aliphatic heterocycles. The van der Waals surface area contributed by atoms with E-state index in [4.69, 9.17) is 0 Å². The van der Waals surface area contributed by atoms with E-state index in [9.17, 15) is 0 Å². The Morgan fingerprint density at radius 3 is 1.67 bits per heavy atom. The molecule has 1 aromatic carbocycles. The van der Waals surface area contributed by atoms with E-state index in [1.165, 1.54) is 27.7 Å². The van der Waals surface area contributed by atoms with Crippen LogP contribution in [0.2, 0.25) is 0 Å². The van der Waals surface area contributed by atoms with Crippen molar-refractivity contribution in [1.29, 1.82) is 0 Å². The van der Waals surface area contributed by atoms with Crippen LogP contribution in [-0.2, 0) is 16.2 Å². The minimum atomic E-state index is 0.138. The van der Waals surface area contributed by atoms with Gasteiger partial charge in [-0.25, -0.2) is 0 Å². The Bertz CT molecular complexity index is 652. The Labute approximate surface area is 130 Å². The van der Waals surface area contributed by atoms with Crippen molar-refractivity contribution in [2.75, 3.05) is 0 Å². The number of hydrogen-bond acceptors (Lipinski definition) is 0. The zero-order valence-electron chi connectivity index (χ0n) is 15.2. The molecular formula is C20H31N. The van der Waals surface area contributed by atoms with Crippen molar-refractivity contribution >= 4 is 10.9 Å². The molecule has 0 saturated heterocycles. The lowest BCUT2D eigenvalue weighted by Crippen LogP contribution is -2.17. The van der Waals surface area contributed by atoms with Crippen LogP contribution in [0.4, 0.5) is 0 Å². The number of aromatic nitrogens is 1. The maximum Gasteiger partial charge on any atom is 0.0494 e. The van der Waals surface area contributed by atoms with Gasteiger partial charge in [-0.1, -0.05) is 68.4 Å². The molecule has 0 fully saturated rings. The van der Waals surface area contributed by atoms with Crippen LogP contribution in [0.25, 0.3) is 10.9 Å². The van der Waals surface area contributed by atoms with E-state index in [1.54, 1.807) is 0 Å². The fraction of sp³-hybridized carbons (Fsp3) is 0.600. The molecule has 1 nitrogen and oxygen atoms in total. The Morgan fingerprint density at radius 1 is 0.667 bits per heavy atom. The zero-order valence-corrected chi connectivity index (χ0v) is 15.2.